The lowest BCUT2D eigenvalue weighted by atomic mass is 9.86. The average molecular weight is 264 g/mol. The van der Waals surface area contributed by atoms with E-state index in [1.54, 1.807) is 12.2 Å². The number of ether oxygens (including phenoxy) is 1. The van der Waals surface area contributed by atoms with E-state index in [4.69, 9.17) is 4.74 Å². The van der Waals surface area contributed by atoms with Gasteiger partial charge < -0.3 is 14.9 Å². The molecule has 2 aliphatic rings. The number of hydrogen-bond acceptors (Lipinski definition) is 4. The highest BCUT2D eigenvalue weighted by Gasteiger charge is 2.41. The summed E-state index contributed by atoms with van der Waals surface area (Å²) in [6.45, 7) is 7.43. The summed E-state index contributed by atoms with van der Waals surface area (Å²) in [7, 11) is 0. The maximum absolute atomic E-state index is 11.6. The normalized spacial score (nSPS) is 41.7. The number of allylic oxidation sites excluding steroid dienone is 1. The molecule has 1 heterocycles. The Hall–Kier alpha value is -1.39. The molecule has 4 heteroatoms. The van der Waals surface area contributed by atoms with E-state index in [9.17, 15) is 15.0 Å². The van der Waals surface area contributed by atoms with Gasteiger partial charge >= 0.3 is 5.97 Å². The minimum Gasteiger partial charge on any atom is -0.454 e. The molecule has 1 aliphatic heterocycles. The number of rotatable bonds is 0. The molecule has 0 spiro atoms. The number of aliphatic hydroxyl groups is 2. The molecule has 4 nitrogen and oxygen atoms in total. The number of hydrogen-bond donors (Lipinski definition) is 2. The Morgan fingerprint density at radius 2 is 2.00 bits per heavy atom. The largest absolute Gasteiger partial charge is 0.454 e. The molecule has 19 heavy (non-hydrogen) atoms. The van der Waals surface area contributed by atoms with Crippen LogP contribution in [0.4, 0.5) is 0 Å². The van der Waals surface area contributed by atoms with Gasteiger partial charge in [0.25, 0.3) is 0 Å². The highest BCUT2D eigenvalue weighted by atomic mass is 16.6. The summed E-state index contributed by atoms with van der Waals surface area (Å²) in [6, 6.07) is 0. The number of esters is 1. The molecular weight excluding hydrogens is 244 g/mol. The first-order valence-electron chi connectivity index (χ1n) is 6.51. The molecule has 0 saturated carbocycles. The minimum absolute atomic E-state index is 0.292. The van der Waals surface area contributed by atoms with Crippen LogP contribution in [0, 0.1) is 5.92 Å². The summed E-state index contributed by atoms with van der Waals surface area (Å²) in [6.07, 6.45) is 2.88. The van der Waals surface area contributed by atoms with Gasteiger partial charge in [0.1, 0.15) is 6.10 Å². The van der Waals surface area contributed by atoms with Gasteiger partial charge in [-0.05, 0) is 38.3 Å². The van der Waals surface area contributed by atoms with Crippen LogP contribution in [0.3, 0.4) is 0 Å². The maximum Gasteiger partial charge on any atom is 0.334 e. The van der Waals surface area contributed by atoms with Crippen LogP contribution in [0.1, 0.15) is 26.7 Å². The summed E-state index contributed by atoms with van der Waals surface area (Å²) in [5, 5.41) is 20.3. The minimum atomic E-state index is -0.789. The van der Waals surface area contributed by atoms with Crippen molar-refractivity contribution in [1.29, 1.82) is 0 Å². The summed E-state index contributed by atoms with van der Waals surface area (Å²) in [4.78, 5) is 11.6. The van der Waals surface area contributed by atoms with Crippen molar-refractivity contribution in [3.05, 3.63) is 35.5 Å². The average Bonchev–Trinajstić information content (AvgIpc) is 2.60. The van der Waals surface area contributed by atoms with Gasteiger partial charge in [0, 0.05) is 5.57 Å². The highest BCUT2D eigenvalue weighted by Crippen LogP contribution is 2.33. The zero-order valence-corrected chi connectivity index (χ0v) is 11.3. The van der Waals surface area contributed by atoms with E-state index in [1.165, 1.54) is 0 Å². The van der Waals surface area contributed by atoms with Gasteiger partial charge in [-0.15, -0.1) is 0 Å². The fraction of sp³-hybridized carbons (Fsp3) is 0.533. The first-order valence-corrected chi connectivity index (χ1v) is 6.51. The molecule has 4 atom stereocenters. The Kier molecular flexibility index (Phi) is 3.92. The van der Waals surface area contributed by atoms with E-state index in [1.807, 2.05) is 13.8 Å². The van der Waals surface area contributed by atoms with Gasteiger partial charge in [0.2, 0.25) is 0 Å². The molecule has 0 unspecified atom stereocenters. The summed E-state index contributed by atoms with van der Waals surface area (Å²) in [5.74, 6) is -0.944. The second kappa shape index (κ2) is 5.31. The van der Waals surface area contributed by atoms with Crippen LogP contribution >= 0.6 is 0 Å². The molecule has 1 aliphatic carbocycles. The lowest BCUT2D eigenvalue weighted by Crippen LogP contribution is -2.28. The fourth-order valence-corrected chi connectivity index (χ4v) is 2.59. The molecule has 104 valence electrons. The monoisotopic (exact) mass is 264 g/mol. The second-order valence-corrected chi connectivity index (χ2v) is 5.39. The Balaban J connectivity index is 2.39. The van der Waals surface area contributed by atoms with Crippen LogP contribution in [0.5, 0.6) is 0 Å². The van der Waals surface area contributed by atoms with Crippen LogP contribution < -0.4 is 0 Å². The number of aliphatic hydroxyl groups excluding tert-OH is 2. The zero-order valence-electron chi connectivity index (χ0n) is 11.3. The van der Waals surface area contributed by atoms with Crippen LogP contribution in [0.15, 0.2) is 35.5 Å². The molecule has 2 rings (SSSR count). The van der Waals surface area contributed by atoms with Crippen molar-refractivity contribution >= 4 is 5.97 Å². The molecule has 2 N–H and O–H groups in total. The Labute approximate surface area is 113 Å². The fourth-order valence-electron chi connectivity index (χ4n) is 2.59. The van der Waals surface area contributed by atoms with Crippen LogP contribution in [0.25, 0.3) is 0 Å². The van der Waals surface area contributed by atoms with Crippen molar-refractivity contribution in [3.8, 4) is 0 Å². The molecule has 0 bridgehead atoms. The first-order chi connectivity index (χ1) is 8.90. The molecule has 0 aromatic heterocycles. The molecule has 0 aromatic carbocycles. The van der Waals surface area contributed by atoms with Gasteiger partial charge in [-0.2, -0.15) is 0 Å². The number of fused-ring (bicyclic) bond motifs is 1. The molecule has 0 radical (unpaired) electrons. The van der Waals surface area contributed by atoms with Crippen molar-refractivity contribution < 1.29 is 19.7 Å². The SMILES string of the molecule is C=C1C(=O)O[C@H]2/C=C(/C)[C@H](O)CC/C(C)=C/[C@@H](O)[C@@H]12. The molecule has 0 aromatic rings. The number of carbonyl (C=O) groups excluding carboxylic acids is 1. The standard InChI is InChI=1S/C15H20O4/c1-8-4-5-11(16)9(2)7-13-14(12(17)6-8)10(3)15(18)19-13/h6-7,11-14,16-17H,3-5H2,1-2H3/b8-6+,9-7-/t11-,12-,13+,14-/m1/s1. The van der Waals surface area contributed by atoms with E-state index in [0.29, 0.717) is 18.4 Å². The Morgan fingerprint density at radius 1 is 1.32 bits per heavy atom. The van der Waals surface area contributed by atoms with E-state index in [2.05, 4.69) is 6.58 Å². The van der Waals surface area contributed by atoms with Gasteiger partial charge in [-0.1, -0.05) is 18.2 Å². The quantitative estimate of drug-likeness (QED) is 0.395. The van der Waals surface area contributed by atoms with Gasteiger partial charge in [-0.3, -0.25) is 0 Å². The lowest BCUT2D eigenvalue weighted by Gasteiger charge is -2.22. The van der Waals surface area contributed by atoms with Crippen molar-refractivity contribution in [2.24, 2.45) is 5.92 Å². The zero-order chi connectivity index (χ0) is 14.2. The molecule has 0 amide bonds. The summed E-state index contributed by atoms with van der Waals surface area (Å²) in [5.41, 5.74) is 2.05. The smallest absolute Gasteiger partial charge is 0.334 e. The van der Waals surface area contributed by atoms with Gasteiger partial charge in [-0.25, -0.2) is 4.79 Å². The van der Waals surface area contributed by atoms with E-state index in [-0.39, 0.29) is 0 Å². The van der Waals surface area contributed by atoms with Gasteiger partial charge in [0.15, 0.2) is 0 Å². The van der Waals surface area contributed by atoms with Crippen molar-refractivity contribution in [2.45, 2.75) is 45.0 Å². The van der Waals surface area contributed by atoms with Crippen molar-refractivity contribution in [2.75, 3.05) is 0 Å². The lowest BCUT2D eigenvalue weighted by molar-refractivity contribution is -0.137. The summed E-state index contributed by atoms with van der Waals surface area (Å²) >= 11 is 0. The third-order valence-corrected chi connectivity index (χ3v) is 3.85. The third-order valence-electron chi connectivity index (χ3n) is 3.85. The van der Waals surface area contributed by atoms with Crippen molar-refractivity contribution in [3.63, 3.8) is 0 Å². The Morgan fingerprint density at radius 3 is 2.68 bits per heavy atom. The van der Waals surface area contributed by atoms with E-state index < -0.39 is 30.2 Å². The van der Waals surface area contributed by atoms with Crippen molar-refractivity contribution in [1.82, 2.24) is 0 Å². The summed E-state index contributed by atoms with van der Waals surface area (Å²) < 4.78 is 5.22. The molecule has 1 saturated heterocycles. The Bertz CT molecular complexity index is 461. The van der Waals surface area contributed by atoms with Crippen LogP contribution in [0.2, 0.25) is 0 Å². The van der Waals surface area contributed by atoms with Crippen LogP contribution in [-0.2, 0) is 9.53 Å². The molecule has 1 fully saturated rings. The predicted octanol–water partition coefficient (Wildman–Crippen LogP) is 1.49. The third kappa shape index (κ3) is 2.80. The van der Waals surface area contributed by atoms with E-state index >= 15 is 0 Å². The predicted molar refractivity (Wildman–Crippen MR) is 71.3 cm³/mol. The highest BCUT2D eigenvalue weighted by molar-refractivity contribution is 5.91. The van der Waals surface area contributed by atoms with Crippen LogP contribution in [-0.4, -0.2) is 34.5 Å². The first kappa shape index (κ1) is 14.0. The maximum atomic E-state index is 11.6. The topological polar surface area (TPSA) is 66.8 Å². The van der Waals surface area contributed by atoms with E-state index in [0.717, 1.165) is 11.1 Å². The van der Waals surface area contributed by atoms with Gasteiger partial charge in [0.05, 0.1) is 18.1 Å². The number of carbonyl (C=O) groups is 1. The second-order valence-electron chi connectivity index (χ2n) is 5.39. The molecular formula is C15H20O4.